The van der Waals surface area contributed by atoms with Crippen LogP contribution in [0.2, 0.25) is 0 Å². The van der Waals surface area contributed by atoms with Gasteiger partial charge >= 0.3 is 0 Å². The van der Waals surface area contributed by atoms with Crippen molar-refractivity contribution in [3.8, 4) is 0 Å². The Kier molecular flexibility index (Phi) is 12.3. The molecule has 8 nitrogen and oxygen atoms in total. The molecule has 234 valence electrons. The third-order valence-electron chi connectivity index (χ3n) is 8.50. The summed E-state index contributed by atoms with van der Waals surface area (Å²) in [4.78, 5) is 10.4. The normalized spacial score (nSPS) is 31.8. The largest absolute Gasteiger partial charge is 0.394 e. The molecule has 2 aliphatic carbocycles. The van der Waals surface area contributed by atoms with Crippen LogP contribution in [-0.4, -0.2) is 93.3 Å². The van der Waals surface area contributed by atoms with Gasteiger partial charge in [-0.15, -0.1) is 11.8 Å². The first kappa shape index (κ1) is 33.0. The number of nitrogens with zero attached hydrogens (tertiary/aromatic N) is 4. The summed E-state index contributed by atoms with van der Waals surface area (Å²) in [6, 6.07) is 3.54. The van der Waals surface area contributed by atoms with Gasteiger partial charge in [0.2, 0.25) is 0 Å². The van der Waals surface area contributed by atoms with E-state index in [9.17, 15) is 24.1 Å². The van der Waals surface area contributed by atoms with E-state index < -0.39 is 36.0 Å². The molecule has 0 amide bonds. The van der Waals surface area contributed by atoms with Gasteiger partial charge in [-0.05, 0) is 67.9 Å². The van der Waals surface area contributed by atoms with Gasteiger partial charge in [0, 0.05) is 24.3 Å². The molecule has 1 aromatic rings. The molecule has 3 aliphatic rings. The molecule has 8 unspecified atom stereocenters. The molecule has 2 fully saturated rings. The van der Waals surface area contributed by atoms with Crippen LogP contribution in [0.25, 0.3) is 0 Å². The number of thioether (sulfide) groups is 1. The summed E-state index contributed by atoms with van der Waals surface area (Å²) < 4.78 is 33.2. The summed E-state index contributed by atoms with van der Waals surface area (Å²) in [5.41, 5.74) is 1.78. The van der Waals surface area contributed by atoms with Crippen LogP contribution in [-0.2, 0) is 4.74 Å². The summed E-state index contributed by atoms with van der Waals surface area (Å²) in [7, 11) is 0. The summed E-state index contributed by atoms with van der Waals surface area (Å²) in [5.74, 6) is 0.603. The lowest BCUT2D eigenvalue weighted by atomic mass is 9.85. The molecular weight excluding hydrogens is 562 g/mol. The molecule has 1 aliphatic heterocycles. The molecule has 0 radical (unpaired) electrons. The second-order valence-electron chi connectivity index (χ2n) is 11.5. The minimum absolute atomic E-state index is 0.0212. The van der Waals surface area contributed by atoms with E-state index in [0.29, 0.717) is 12.3 Å². The second-order valence-corrected chi connectivity index (χ2v) is 12.6. The number of amidine groups is 1. The summed E-state index contributed by atoms with van der Waals surface area (Å²) in [6.45, 7) is 6.33. The Bertz CT molecular complexity index is 1120. The average Bonchev–Trinajstić information content (AvgIpc) is 3.69. The van der Waals surface area contributed by atoms with Gasteiger partial charge < -0.3 is 20.1 Å². The van der Waals surface area contributed by atoms with E-state index in [-0.39, 0.29) is 37.0 Å². The Labute approximate surface area is 252 Å². The van der Waals surface area contributed by atoms with Crippen molar-refractivity contribution in [3.63, 3.8) is 0 Å². The quantitative estimate of drug-likeness (QED) is 0.220. The van der Waals surface area contributed by atoms with E-state index in [2.05, 4.69) is 20.8 Å². The number of aliphatic hydroxyl groups excluding tert-OH is 3. The van der Waals surface area contributed by atoms with Crippen molar-refractivity contribution in [2.45, 2.75) is 102 Å². The highest BCUT2D eigenvalue weighted by atomic mass is 32.2. The van der Waals surface area contributed by atoms with E-state index in [1.54, 1.807) is 22.8 Å². The van der Waals surface area contributed by atoms with Gasteiger partial charge in [-0.1, -0.05) is 26.8 Å². The summed E-state index contributed by atoms with van der Waals surface area (Å²) in [6.07, 6.45) is 4.49. The smallest absolute Gasteiger partial charge is 0.159 e. The molecule has 8 atom stereocenters. The molecule has 1 aromatic carbocycles. The van der Waals surface area contributed by atoms with Crippen molar-refractivity contribution in [2.24, 2.45) is 26.9 Å². The lowest BCUT2D eigenvalue weighted by Crippen LogP contribution is -2.48. The molecule has 0 saturated heterocycles. The number of halogens is 2. The van der Waals surface area contributed by atoms with E-state index in [1.807, 2.05) is 6.21 Å². The zero-order valence-corrected chi connectivity index (χ0v) is 25.7. The Balaban J connectivity index is 1.69. The Morgan fingerprint density at radius 2 is 2.00 bits per heavy atom. The topological polar surface area (TPSA) is 110 Å². The van der Waals surface area contributed by atoms with Crippen LogP contribution < -0.4 is 0 Å². The lowest BCUT2D eigenvalue weighted by molar-refractivity contribution is -0.0635. The van der Waals surface area contributed by atoms with E-state index in [1.165, 1.54) is 12.1 Å². The fourth-order valence-electron chi connectivity index (χ4n) is 5.91. The standard InChI is InChI=1S/C31H46F2N4O4S/c1-4-14-42-18-34-31-21(8-6-7-11-35-37(31)26-17-27(41-13-12-38)30(40)29(26)39)28(19(3)5-2)36-25-16-22(25)20-9-10-23(32)24(33)15-20/h9-11,15,19,21-22,25-27,29-30,38-40H,4-8,12-14,16-18H2,1-3H3. The molecule has 2 saturated carbocycles. The third-order valence-corrected chi connectivity index (χ3v) is 9.51. The van der Waals surface area contributed by atoms with Crippen LogP contribution in [0.15, 0.2) is 33.3 Å². The monoisotopic (exact) mass is 608 g/mol. The first-order valence-corrected chi connectivity index (χ1v) is 16.5. The van der Waals surface area contributed by atoms with Gasteiger partial charge in [-0.3, -0.25) is 9.98 Å². The molecule has 4 rings (SSSR count). The number of benzene rings is 1. The maximum absolute atomic E-state index is 14.0. The van der Waals surface area contributed by atoms with E-state index >= 15 is 0 Å². The Hall–Kier alpha value is -1.92. The van der Waals surface area contributed by atoms with Crippen molar-refractivity contribution in [1.29, 1.82) is 0 Å². The van der Waals surface area contributed by atoms with Crippen LogP contribution in [0.1, 0.15) is 77.2 Å². The SMILES string of the molecule is CCCSCN=C1C(C(=NC2CC2c2ccc(F)c(F)c2)C(C)CC)CCCC=NN1C1CC(OCCO)C(O)C1O. The predicted octanol–water partition coefficient (Wildman–Crippen LogP) is 4.77. The molecular formula is C31H46F2N4O4S. The fraction of sp³-hybridized carbons (Fsp3) is 0.710. The highest BCUT2D eigenvalue weighted by Crippen LogP contribution is 2.45. The maximum atomic E-state index is 14.0. The minimum atomic E-state index is -1.11. The van der Waals surface area contributed by atoms with Crippen LogP contribution in [0.3, 0.4) is 0 Å². The van der Waals surface area contributed by atoms with Crippen molar-refractivity contribution in [2.75, 3.05) is 24.8 Å². The first-order chi connectivity index (χ1) is 20.3. The number of hydrogen-bond acceptors (Lipinski definition) is 8. The molecule has 0 aromatic heterocycles. The second kappa shape index (κ2) is 15.7. The van der Waals surface area contributed by atoms with Crippen LogP contribution in [0.4, 0.5) is 8.78 Å². The van der Waals surface area contributed by atoms with Crippen molar-refractivity contribution < 1.29 is 28.8 Å². The van der Waals surface area contributed by atoms with E-state index in [4.69, 9.17) is 19.8 Å². The van der Waals surface area contributed by atoms with Crippen LogP contribution >= 0.6 is 11.8 Å². The van der Waals surface area contributed by atoms with Crippen LogP contribution in [0, 0.1) is 23.5 Å². The fourth-order valence-corrected chi connectivity index (χ4v) is 6.55. The summed E-state index contributed by atoms with van der Waals surface area (Å²) in [5, 5.41) is 37.8. The lowest BCUT2D eigenvalue weighted by Gasteiger charge is -2.36. The number of aliphatic hydroxyl groups is 3. The predicted molar refractivity (Wildman–Crippen MR) is 164 cm³/mol. The number of rotatable bonds is 13. The van der Waals surface area contributed by atoms with Crippen molar-refractivity contribution in [3.05, 3.63) is 35.4 Å². The molecule has 0 spiro atoms. The maximum Gasteiger partial charge on any atom is 0.159 e. The van der Waals surface area contributed by atoms with Gasteiger partial charge in [-0.2, -0.15) is 5.10 Å². The van der Waals surface area contributed by atoms with Gasteiger partial charge in [-0.25, -0.2) is 13.8 Å². The first-order valence-electron chi connectivity index (χ1n) is 15.3. The van der Waals surface area contributed by atoms with Crippen molar-refractivity contribution >= 4 is 29.5 Å². The highest BCUT2D eigenvalue weighted by molar-refractivity contribution is 7.99. The molecule has 3 N–H and O–H groups in total. The summed E-state index contributed by atoms with van der Waals surface area (Å²) >= 11 is 1.73. The highest BCUT2D eigenvalue weighted by Gasteiger charge is 2.48. The van der Waals surface area contributed by atoms with Gasteiger partial charge in [0.1, 0.15) is 18.0 Å². The Morgan fingerprint density at radius 1 is 1.19 bits per heavy atom. The number of hydrogen-bond donors (Lipinski definition) is 3. The average molecular weight is 609 g/mol. The number of aliphatic imine (C=N–C) groups is 2. The van der Waals surface area contributed by atoms with E-state index in [0.717, 1.165) is 61.4 Å². The number of ether oxygens (including phenoxy) is 1. The van der Waals surface area contributed by atoms with Crippen LogP contribution in [0.5, 0.6) is 0 Å². The third kappa shape index (κ3) is 7.96. The Morgan fingerprint density at radius 3 is 2.71 bits per heavy atom. The van der Waals surface area contributed by atoms with Crippen molar-refractivity contribution in [1.82, 2.24) is 5.01 Å². The van der Waals surface area contributed by atoms with Gasteiger partial charge in [0.15, 0.2) is 11.6 Å². The molecule has 42 heavy (non-hydrogen) atoms. The molecule has 1 heterocycles. The molecule has 0 bridgehead atoms. The zero-order chi connectivity index (χ0) is 30.2. The molecule has 11 heteroatoms. The minimum Gasteiger partial charge on any atom is -0.394 e. The van der Waals surface area contributed by atoms with Gasteiger partial charge in [0.05, 0.1) is 43.2 Å². The zero-order valence-electron chi connectivity index (χ0n) is 24.9. The number of hydrazone groups is 1. The van der Waals surface area contributed by atoms with Gasteiger partial charge in [0.25, 0.3) is 0 Å².